The van der Waals surface area contributed by atoms with E-state index < -0.39 is 0 Å². The number of nitrogens with zero attached hydrogens (tertiary/aromatic N) is 2. The first-order chi connectivity index (χ1) is 8.94. The van der Waals surface area contributed by atoms with Gasteiger partial charge < -0.3 is 16.0 Å². The number of carbonyl (C=O) groups is 1. The van der Waals surface area contributed by atoms with Crippen molar-refractivity contribution in [2.75, 3.05) is 20.6 Å². The molecule has 3 N–H and O–H groups in total. The Labute approximate surface area is 118 Å². The summed E-state index contributed by atoms with van der Waals surface area (Å²) in [6.45, 7) is 2.56. The fraction of sp³-hybridized carbons (Fsp3) is 0.692. The lowest BCUT2D eigenvalue weighted by molar-refractivity contribution is 0.0556. The van der Waals surface area contributed by atoms with Crippen LogP contribution in [0.2, 0.25) is 0 Å². The number of thiazole rings is 1. The number of aromatic nitrogens is 1. The van der Waals surface area contributed by atoms with Gasteiger partial charge in [0.05, 0.1) is 6.04 Å². The summed E-state index contributed by atoms with van der Waals surface area (Å²) in [5.74, 6) is -0.101. The maximum atomic E-state index is 12.1. The van der Waals surface area contributed by atoms with Gasteiger partial charge in [0.2, 0.25) is 0 Å². The van der Waals surface area contributed by atoms with Crippen molar-refractivity contribution in [2.45, 2.75) is 37.8 Å². The van der Waals surface area contributed by atoms with Crippen LogP contribution in [0.1, 0.15) is 47.7 Å². The topological polar surface area (TPSA) is 71.2 Å². The molecule has 0 aromatic carbocycles. The van der Waals surface area contributed by atoms with Crippen LogP contribution in [-0.2, 0) is 0 Å². The van der Waals surface area contributed by atoms with E-state index in [2.05, 4.69) is 29.3 Å². The first-order valence-corrected chi connectivity index (χ1v) is 7.49. The van der Waals surface area contributed by atoms with Crippen molar-refractivity contribution in [3.8, 4) is 0 Å². The maximum Gasteiger partial charge on any atom is 0.270 e. The zero-order valence-corrected chi connectivity index (χ0v) is 12.6. The smallest absolute Gasteiger partial charge is 0.270 e. The van der Waals surface area contributed by atoms with Crippen molar-refractivity contribution >= 4 is 17.2 Å². The van der Waals surface area contributed by atoms with Crippen LogP contribution >= 0.6 is 11.3 Å². The highest BCUT2D eigenvalue weighted by atomic mass is 32.1. The summed E-state index contributed by atoms with van der Waals surface area (Å²) < 4.78 is 0. The molecule has 1 unspecified atom stereocenters. The van der Waals surface area contributed by atoms with Gasteiger partial charge >= 0.3 is 0 Å². The Kier molecular flexibility index (Phi) is 4.23. The van der Waals surface area contributed by atoms with Gasteiger partial charge in [0.15, 0.2) is 0 Å². The number of amides is 1. The Bertz CT molecular complexity index is 451. The number of hydrogen-bond donors (Lipinski definition) is 2. The minimum Gasteiger partial charge on any atom is -0.349 e. The molecule has 0 aliphatic heterocycles. The van der Waals surface area contributed by atoms with E-state index in [9.17, 15) is 4.79 Å². The Morgan fingerprint density at radius 2 is 2.32 bits per heavy atom. The van der Waals surface area contributed by atoms with Gasteiger partial charge in [0.1, 0.15) is 10.7 Å². The first kappa shape index (κ1) is 14.4. The quantitative estimate of drug-likeness (QED) is 0.856. The lowest BCUT2D eigenvalue weighted by atomic mass is 9.75. The van der Waals surface area contributed by atoms with Crippen LogP contribution in [0.5, 0.6) is 0 Å². The van der Waals surface area contributed by atoms with E-state index >= 15 is 0 Å². The molecule has 5 nitrogen and oxygen atoms in total. The summed E-state index contributed by atoms with van der Waals surface area (Å²) in [5.41, 5.74) is 6.36. The minimum absolute atomic E-state index is 0.101. The van der Waals surface area contributed by atoms with Crippen LogP contribution in [0.15, 0.2) is 5.38 Å². The van der Waals surface area contributed by atoms with Crippen molar-refractivity contribution in [3.63, 3.8) is 0 Å². The zero-order valence-electron chi connectivity index (χ0n) is 11.8. The van der Waals surface area contributed by atoms with Gasteiger partial charge in [-0.25, -0.2) is 4.98 Å². The van der Waals surface area contributed by atoms with Crippen LogP contribution < -0.4 is 11.1 Å². The van der Waals surface area contributed by atoms with E-state index in [1.165, 1.54) is 17.8 Å². The second-order valence-corrected chi connectivity index (χ2v) is 6.40. The molecule has 1 aromatic rings. The average molecular weight is 282 g/mol. The number of likely N-dealkylation sites (N-methyl/N-ethyl adjacent to an activating group) is 1. The Hall–Kier alpha value is -0.980. The average Bonchev–Trinajstić information content (AvgIpc) is 2.75. The summed E-state index contributed by atoms with van der Waals surface area (Å²) in [6, 6.07) is -0.119. The van der Waals surface area contributed by atoms with Crippen molar-refractivity contribution in [1.29, 1.82) is 0 Å². The summed E-state index contributed by atoms with van der Waals surface area (Å²) >= 11 is 1.44. The molecular formula is C13H22N4OS. The highest BCUT2D eigenvalue weighted by Crippen LogP contribution is 2.35. The Morgan fingerprint density at radius 1 is 1.63 bits per heavy atom. The number of rotatable bonds is 5. The molecule has 6 heteroatoms. The molecule has 106 valence electrons. The molecule has 0 spiro atoms. The molecule has 0 saturated heterocycles. The second-order valence-electron chi connectivity index (χ2n) is 5.51. The largest absolute Gasteiger partial charge is 0.349 e. The molecule has 1 atom stereocenters. The minimum atomic E-state index is -0.119. The first-order valence-electron chi connectivity index (χ1n) is 6.61. The lowest BCUT2D eigenvalue weighted by Crippen LogP contribution is -2.57. The van der Waals surface area contributed by atoms with Crippen molar-refractivity contribution in [3.05, 3.63) is 16.1 Å². The van der Waals surface area contributed by atoms with Gasteiger partial charge in [-0.15, -0.1) is 11.3 Å². The van der Waals surface area contributed by atoms with Gasteiger partial charge in [0, 0.05) is 17.5 Å². The van der Waals surface area contributed by atoms with E-state index in [0.717, 1.165) is 17.8 Å². The highest BCUT2D eigenvalue weighted by Gasteiger charge is 2.39. The van der Waals surface area contributed by atoms with Crippen LogP contribution in [-0.4, -0.2) is 42.0 Å². The van der Waals surface area contributed by atoms with Gasteiger partial charge in [-0.1, -0.05) is 0 Å². The van der Waals surface area contributed by atoms with E-state index in [0.29, 0.717) is 12.2 Å². The Balaban J connectivity index is 1.93. The molecule has 1 saturated carbocycles. The second kappa shape index (κ2) is 5.56. The third-order valence-corrected chi connectivity index (χ3v) is 5.00. The van der Waals surface area contributed by atoms with Crippen molar-refractivity contribution in [1.82, 2.24) is 15.2 Å². The van der Waals surface area contributed by atoms with E-state index in [1.54, 1.807) is 5.38 Å². The normalized spacial score (nSPS) is 19.0. The number of carbonyl (C=O) groups excluding carboxylic acids is 1. The van der Waals surface area contributed by atoms with Crippen LogP contribution in [0.4, 0.5) is 0 Å². The molecule has 0 radical (unpaired) electrons. The highest BCUT2D eigenvalue weighted by molar-refractivity contribution is 7.09. The molecule has 1 aromatic heterocycles. The molecule has 1 aliphatic carbocycles. The van der Waals surface area contributed by atoms with Crippen LogP contribution in [0, 0.1) is 0 Å². The maximum absolute atomic E-state index is 12.1. The summed E-state index contributed by atoms with van der Waals surface area (Å²) in [5, 5.41) is 5.57. The third-order valence-electron chi connectivity index (χ3n) is 3.96. The van der Waals surface area contributed by atoms with Gasteiger partial charge in [-0.05, 0) is 40.3 Å². The molecule has 1 fully saturated rings. The summed E-state index contributed by atoms with van der Waals surface area (Å²) in [4.78, 5) is 18.5. The molecule has 19 heavy (non-hydrogen) atoms. The predicted molar refractivity (Wildman–Crippen MR) is 77.3 cm³/mol. The SMILES string of the molecule is CC(N)c1nc(C(=O)NCC2(N(C)C)CCC2)cs1. The molecule has 1 amide bonds. The van der Waals surface area contributed by atoms with E-state index in [1.807, 2.05) is 6.92 Å². The monoisotopic (exact) mass is 282 g/mol. The standard InChI is InChI=1S/C13H22N4OS/c1-9(14)12-16-10(7-19-12)11(18)15-8-13(17(2)3)5-4-6-13/h7,9H,4-6,8,14H2,1-3H3,(H,15,18). The molecule has 2 rings (SSSR count). The molecule has 0 bridgehead atoms. The van der Waals surface area contributed by atoms with Crippen molar-refractivity contribution < 1.29 is 4.79 Å². The van der Waals surface area contributed by atoms with Crippen LogP contribution in [0.3, 0.4) is 0 Å². The number of hydrogen-bond acceptors (Lipinski definition) is 5. The van der Waals surface area contributed by atoms with E-state index in [4.69, 9.17) is 5.73 Å². The third kappa shape index (κ3) is 2.96. The van der Waals surface area contributed by atoms with Crippen LogP contribution in [0.25, 0.3) is 0 Å². The molecule has 1 aliphatic rings. The summed E-state index contributed by atoms with van der Waals surface area (Å²) in [6.07, 6.45) is 3.52. The van der Waals surface area contributed by atoms with Gasteiger partial charge in [0.25, 0.3) is 5.91 Å². The van der Waals surface area contributed by atoms with Crippen molar-refractivity contribution in [2.24, 2.45) is 5.73 Å². The molecular weight excluding hydrogens is 260 g/mol. The van der Waals surface area contributed by atoms with Gasteiger partial charge in [-0.2, -0.15) is 0 Å². The van der Waals surface area contributed by atoms with E-state index in [-0.39, 0.29) is 17.5 Å². The lowest BCUT2D eigenvalue weighted by Gasteiger charge is -2.47. The fourth-order valence-corrected chi connectivity index (χ4v) is 3.06. The Morgan fingerprint density at radius 3 is 2.74 bits per heavy atom. The predicted octanol–water partition coefficient (Wildman–Crippen LogP) is 1.38. The van der Waals surface area contributed by atoms with Gasteiger partial charge in [-0.3, -0.25) is 4.79 Å². The number of nitrogens with two attached hydrogens (primary N) is 1. The zero-order chi connectivity index (χ0) is 14.0. The summed E-state index contributed by atoms with van der Waals surface area (Å²) in [7, 11) is 4.14. The number of nitrogens with one attached hydrogen (secondary N) is 1. The molecule has 1 heterocycles. The fourth-order valence-electron chi connectivity index (χ4n) is 2.30.